The molecule has 138 valence electrons. The molecule has 0 aromatic heterocycles. The average Bonchev–Trinajstić information content (AvgIpc) is 2.34. The van der Waals surface area contributed by atoms with Crippen molar-refractivity contribution < 1.29 is 19.1 Å². The van der Waals surface area contributed by atoms with Crippen molar-refractivity contribution in [2.45, 2.75) is 66.3 Å². The highest BCUT2D eigenvalue weighted by Gasteiger charge is 2.20. The monoisotopic (exact) mass is 357 g/mol. The van der Waals surface area contributed by atoms with Crippen LogP contribution < -0.4 is 5.32 Å². The van der Waals surface area contributed by atoms with Crippen LogP contribution in [0.1, 0.15) is 60.3 Å². The molecule has 0 aliphatic rings. The van der Waals surface area contributed by atoms with Gasteiger partial charge in [0.05, 0.1) is 12.2 Å². The van der Waals surface area contributed by atoms with E-state index in [9.17, 15) is 9.36 Å². The van der Waals surface area contributed by atoms with Crippen molar-refractivity contribution in [3.63, 3.8) is 0 Å². The molecule has 0 rings (SSSR count). The quantitative estimate of drug-likeness (QED) is 0.406. The standard InChI is InChI=1S/C18H32NO4P/c1-14(2)8-6-9-15(3)10-7-11-16(4)12-18(19-17(5)20)13-24(21,22)23/h8,10,12,18H,6-7,9,11,13H2,1-5H3,(H,19,20)(H2,21,22,23)/b15-10+,16-12+. The van der Waals surface area contributed by atoms with Gasteiger partial charge in [-0.05, 0) is 53.4 Å². The van der Waals surface area contributed by atoms with Gasteiger partial charge in [-0.1, -0.05) is 34.9 Å². The van der Waals surface area contributed by atoms with Crippen molar-refractivity contribution in [3.05, 3.63) is 34.9 Å². The molecule has 0 saturated carbocycles. The van der Waals surface area contributed by atoms with E-state index >= 15 is 0 Å². The van der Waals surface area contributed by atoms with Gasteiger partial charge in [0, 0.05) is 6.92 Å². The van der Waals surface area contributed by atoms with Crippen LogP contribution in [0.5, 0.6) is 0 Å². The Kier molecular flexibility index (Phi) is 10.9. The first-order chi connectivity index (χ1) is 11.0. The van der Waals surface area contributed by atoms with Gasteiger partial charge in [-0.25, -0.2) is 0 Å². The lowest BCUT2D eigenvalue weighted by atomic mass is 10.1. The van der Waals surface area contributed by atoms with Crippen molar-refractivity contribution in [2.24, 2.45) is 0 Å². The molecule has 6 heteroatoms. The minimum absolute atomic E-state index is 0.299. The van der Waals surface area contributed by atoms with Crippen LogP contribution in [0.25, 0.3) is 0 Å². The first-order valence-corrected chi connectivity index (χ1v) is 10.1. The number of amides is 1. The Hall–Kier alpha value is -1.16. The third-order valence-corrected chi connectivity index (χ3v) is 4.30. The van der Waals surface area contributed by atoms with E-state index in [2.05, 4.69) is 38.2 Å². The van der Waals surface area contributed by atoms with Gasteiger partial charge in [-0.2, -0.15) is 0 Å². The van der Waals surface area contributed by atoms with E-state index in [0.29, 0.717) is 0 Å². The summed E-state index contributed by atoms with van der Waals surface area (Å²) in [6, 6.07) is -0.633. The number of hydrogen-bond donors (Lipinski definition) is 3. The van der Waals surface area contributed by atoms with E-state index in [4.69, 9.17) is 9.79 Å². The van der Waals surface area contributed by atoms with E-state index in [-0.39, 0.29) is 12.1 Å². The average molecular weight is 357 g/mol. The Morgan fingerprint density at radius 2 is 1.54 bits per heavy atom. The predicted molar refractivity (Wildman–Crippen MR) is 99.9 cm³/mol. The molecule has 5 nitrogen and oxygen atoms in total. The van der Waals surface area contributed by atoms with Gasteiger partial charge in [-0.3, -0.25) is 9.36 Å². The zero-order valence-corrected chi connectivity index (χ0v) is 16.4. The number of rotatable bonds is 10. The third kappa shape index (κ3) is 14.4. The molecule has 0 bridgehead atoms. The smallest absolute Gasteiger partial charge is 0.327 e. The summed E-state index contributed by atoms with van der Waals surface area (Å²) in [5.74, 6) is -0.299. The summed E-state index contributed by atoms with van der Waals surface area (Å²) in [6.45, 7) is 9.56. The molecule has 24 heavy (non-hydrogen) atoms. The SMILES string of the molecule is CC(=O)NC(/C=C(\C)CC/C=C(\C)CCC=C(C)C)CP(=O)(O)O. The van der Waals surface area contributed by atoms with Crippen LogP contribution in [0.15, 0.2) is 34.9 Å². The van der Waals surface area contributed by atoms with Crippen LogP contribution in [0.3, 0.4) is 0 Å². The highest BCUT2D eigenvalue weighted by Crippen LogP contribution is 2.35. The van der Waals surface area contributed by atoms with Gasteiger partial charge in [0.25, 0.3) is 0 Å². The van der Waals surface area contributed by atoms with E-state index in [0.717, 1.165) is 31.3 Å². The minimum atomic E-state index is -4.17. The summed E-state index contributed by atoms with van der Waals surface area (Å²) in [6.07, 6.45) is 9.57. The summed E-state index contributed by atoms with van der Waals surface area (Å²) in [4.78, 5) is 29.4. The molecular weight excluding hydrogens is 325 g/mol. The fourth-order valence-corrected chi connectivity index (χ4v) is 3.03. The summed E-state index contributed by atoms with van der Waals surface area (Å²) >= 11 is 0. The topological polar surface area (TPSA) is 86.6 Å². The van der Waals surface area contributed by atoms with Gasteiger partial charge in [0.2, 0.25) is 5.91 Å². The molecule has 0 aromatic rings. The van der Waals surface area contributed by atoms with Gasteiger partial charge < -0.3 is 15.1 Å². The molecule has 3 N–H and O–H groups in total. The highest BCUT2D eigenvalue weighted by molar-refractivity contribution is 7.51. The Morgan fingerprint density at radius 3 is 2.04 bits per heavy atom. The maximum absolute atomic E-state index is 11.2. The molecule has 0 spiro atoms. The molecule has 0 aliphatic heterocycles. The van der Waals surface area contributed by atoms with Gasteiger partial charge in [-0.15, -0.1) is 0 Å². The lowest BCUT2D eigenvalue weighted by Crippen LogP contribution is -2.34. The van der Waals surface area contributed by atoms with Crippen LogP contribution in [0.4, 0.5) is 0 Å². The van der Waals surface area contributed by atoms with Gasteiger partial charge in [0.1, 0.15) is 0 Å². The molecule has 1 unspecified atom stereocenters. The lowest BCUT2D eigenvalue weighted by molar-refractivity contribution is -0.119. The minimum Gasteiger partial charge on any atom is -0.349 e. The number of nitrogens with one attached hydrogen (secondary N) is 1. The number of allylic oxidation sites excluding steroid dienone is 5. The summed E-state index contributed by atoms with van der Waals surface area (Å²) in [5.41, 5.74) is 3.68. The largest absolute Gasteiger partial charge is 0.349 e. The fourth-order valence-electron chi connectivity index (χ4n) is 2.32. The molecule has 0 aromatic carbocycles. The van der Waals surface area contributed by atoms with Gasteiger partial charge >= 0.3 is 7.60 Å². The van der Waals surface area contributed by atoms with Crippen molar-refractivity contribution in [3.8, 4) is 0 Å². The summed E-state index contributed by atoms with van der Waals surface area (Å²) in [7, 11) is -4.17. The maximum atomic E-state index is 11.2. The molecule has 1 atom stereocenters. The zero-order chi connectivity index (χ0) is 18.8. The van der Waals surface area contributed by atoms with E-state index < -0.39 is 13.6 Å². The molecule has 0 saturated heterocycles. The van der Waals surface area contributed by atoms with Crippen molar-refractivity contribution in [1.29, 1.82) is 0 Å². The normalized spacial score (nSPS) is 14.3. The predicted octanol–water partition coefficient (Wildman–Crippen LogP) is 4.09. The fraction of sp³-hybridized carbons (Fsp3) is 0.611. The first kappa shape index (κ1) is 22.8. The van der Waals surface area contributed by atoms with Crippen LogP contribution in [0.2, 0.25) is 0 Å². The Morgan fingerprint density at radius 1 is 1.00 bits per heavy atom. The Balaban J connectivity index is 4.55. The third-order valence-electron chi connectivity index (χ3n) is 3.43. The molecule has 0 radical (unpaired) electrons. The second-order valence-corrected chi connectivity index (χ2v) is 8.27. The Labute approximate surface area is 146 Å². The second kappa shape index (κ2) is 11.4. The summed E-state index contributed by atoms with van der Waals surface area (Å²) in [5, 5.41) is 2.58. The van der Waals surface area contributed by atoms with Crippen molar-refractivity contribution in [1.82, 2.24) is 5.32 Å². The summed E-state index contributed by atoms with van der Waals surface area (Å²) < 4.78 is 11.2. The molecular formula is C18H32NO4P. The number of carbonyl (C=O) groups is 1. The van der Waals surface area contributed by atoms with Crippen LogP contribution >= 0.6 is 7.60 Å². The van der Waals surface area contributed by atoms with E-state index in [1.165, 1.54) is 18.1 Å². The molecule has 0 fully saturated rings. The second-order valence-electron chi connectivity index (χ2n) is 6.58. The van der Waals surface area contributed by atoms with Gasteiger partial charge in [0.15, 0.2) is 0 Å². The van der Waals surface area contributed by atoms with Crippen LogP contribution in [-0.2, 0) is 9.36 Å². The maximum Gasteiger partial charge on any atom is 0.327 e. The molecule has 0 heterocycles. The Bertz CT molecular complexity index is 539. The molecule has 1 amide bonds. The first-order valence-electron chi connectivity index (χ1n) is 8.27. The number of carbonyl (C=O) groups excluding carboxylic acids is 1. The van der Waals surface area contributed by atoms with E-state index in [1.807, 2.05) is 6.92 Å². The highest BCUT2D eigenvalue weighted by atomic mass is 31.2. The van der Waals surface area contributed by atoms with Crippen LogP contribution in [-0.4, -0.2) is 27.9 Å². The molecule has 0 aliphatic carbocycles. The van der Waals surface area contributed by atoms with Crippen LogP contribution in [0, 0.1) is 0 Å². The number of hydrogen-bond acceptors (Lipinski definition) is 2. The van der Waals surface area contributed by atoms with E-state index in [1.54, 1.807) is 6.08 Å². The van der Waals surface area contributed by atoms with Crippen molar-refractivity contribution in [2.75, 3.05) is 6.16 Å². The lowest BCUT2D eigenvalue weighted by Gasteiger charge is -2.16. The zero-order valence-electron chi connectivity index (χ0n) is 15.5. The van der Waals surface area contributed by atoms with Crippen molar-refractivity contribution >= 4 is 13.5 Å².